The third kappa shape index (κ3) is 1.91. The van der Waals surface area contributed by atoms with Crippen molar-refractivity contribution in [2.75, 3.05) is 0 Å². The molecule has 3 nitrogen and oxygen atoms in total. The van der Waals surface area contributed by atoms with E-state index in [4.69, 9.17) is 4.42 Å². The maximum absolute atomic E-state index is 10.6. The second kappa shape index (κ2) is 4.45. The van der Waals surface area contributed by atoms with Crippen molar-refractivity contribution in [1.82, 2.24) is 4.98 Å². The molecule has 0 amide bonds. The van der Waals surface area contributed by atoms with Crippen molar-refractivity contribution in [3.63, 3.8) is 0 Å². The molecule has 0 unspecified atom stereocenters. The van der Waals surface area contributed by atoms with Crippen LogP contribution in [0.15, 0.2) is 53.1 Å². The molecule has 1 aromatic carbocycles. The summed E-state index contributed by atoms with van der Waals surface area (Å²) in [4.78, 5) is 14.9. The van der Waals surface area contributed by atoms with E-state index in [1.807, 2.05) is 36.4 Å². The van der Waals surface area contributed by atoms with Gasteiger partial charge in [0.05, 0.1) is 5.52 Å². The highest BCUT2D eigenvalue weighted by Gasteiger charge is 2.06. The zero-order chi connectivity index (χ0) is 12.4. The monoisotopic (exact) mass is 237 g/mol. The summed E-state index contributed by atoms with van der Waals surface area (Å²) in [6.07, 6.45) is 3.17. The first-order valence-corrected chi connectivity index (χ1v) is 5.73. The van der Waals surface area contributed by atoms with Crippen molar-refractivity contribution in [3.8, 4) is 0 Å². The van der Waals surface area contributed by atoms with E-state index in [1.54, 1.807) is 12.3 Å². The Morgan fingerprint density at radius 3 is 2.83 bits per heavy atom. The maximum atomic E-state index is 10.6. The zero-order valence-corrected chi connectivity index (χ0v) is 9.67. The molecule has 3 aromatic rings. The van der Waals surface area contributed by atoms with E-state index in [2.05, 4.69) is 4.98 Å². The molecule has 0 saturated heterocycles. The Hall–Kier alpha value is -2.42. The van der Waals surface area contributed by atoms with Crippen molar-refractivity contribution in [2.45, 2.75) is 6.42 Å². The molecule has 88 valence electrons. The second-order valence-electron chi connectivity index (χ2n) is 4.09. The first-order valence-electron chi connectivity index (χ1n) is 5.73. The van der Waals surface area contributed by atoms with Gasteiger partial charge in [-0.25, -0.2) is 0 Å². The number of nitrogens with zero attached hydrogens (tertiary/aromatic N) is 1. The molecule has 0 bridgehead atoms. The van der Waals surface area contributed by atoms with Crippen LogP contribution in [0.5, 0.6) is 0 Å². The molecule has 18 heavy (non-hydrogen) atoms. The minimum Gasteiger partial charge on any atom is -0.458 e. The van der Waals surface area contributed by atoms with E-state index < -0.39 is 0 Å². The number of fused-ring (bicyclic) bond motifs is 1. The van der Waals surface area contributed by atoms with Crippen LogP contribution in [0.4, 0.5) is 0 Å². The molecule has 0 aliphatic carbocycles. The molecule has 0 atom stereocenters. The minimum absolute atomic E-state index is 0.364. The topological polar surface area (TPSA) is 43.1 Å². The van der Waals surface area contributed by atoms with Gasteiger partial charge in [-0.1, -0.05) is 18.2 Å². The third-order valence-electron chi connectivity index (χ3n) is 2.90. The van der Waals surface area contributed by atoms with Crippen LogP contribution in [-0.2, 0) is 6.42 Å². The molecule has 0 aliphatic rings. The smallest absolute Gasteiger partial charge is 0.185 e. The Balaban J connectivity index is 2.01. The van der Waals surface area contributed by atoms with Gasteiger partial charge in [0.2, 0.25) is 0 Å². The van der Waals surface area contributed by atoms with Crippen LogP contribution in [0.3, 0.4) is 0 Å². The third-order valence-corrected chi connectivity index (χ3v) is 2.90. The minimum atomic E-state index is 0.364. The van der Waals surface area contributed by atoms with Crippen LogP contribution in [0, 0.1) is 0 Å². The van der Waals surface area contributed by atoms with E-state index in [0.717, 1.165) is 22.2 Å². The van der Waals surface area contributed by atoms with Gasteiger partial charge in [-0.3, -0.25) is 9.78 Å². The largest absolute Gasteiger partial charge is 0.458 e. The van der Waals surface area contributed by atoms with Gasteiger partial charge in [0.15, 0.2) is 12.0 Å². The van der Waals surface area contributed by atoms with E-state index in [1.165, 1.54) is 0 Å². The second-order valence-corrected chi connectivity index (χ2v) is 4.09. The van der Waals surface area contributed by atoms with Crippen LogP contribution in [0.25, 0.3) is 10.9 Å². The van der Waals surface area contributed by atoms with Crippen LogP contribution >= 0.6 is 0 Å². The number of para-hydroxylation sites is 1. The summed E-state index contributed by atoms with van der Waals surface area (Å²) in [7, 11) is 0. The number of hydrogen-bond donors (Lipinski definition) is 0. The number of carbonyl (C=O) groups excluding carboxylic acids is 1. The summed E-state index contributed by atoms with van der Waals surface area (Å²) >= 11 is 0. The van der Waals surface area contributed by atoms with Crippen molar-refractivity contribution < 1.29 is 9.21 Å². The summed E-state index contributed by atoms with van der Waals surface area (Å²) in [5.41, 5.74) is 2.12. The van der Waals surface area contributed by atoms with Gasteiger partial charge in [-0.15, -0.1) is 0 Å². The fourth-order valence-electron chi connectivity index (χ4n) is 2.05. The Labute approximate surface area is 104 Å². The Bertz CT molecular complexity index is 695. The molecule has 2 aromatic heterocycles. The highest BCUT2D eigenvalue weighted by molar-refractivity contribution is 5.82. The van der Waals surface area contributed by atoms with Gasteiger partial charge in [-0.2, -0.15) is 0 Å². The standard InChI is InChI=1S/C15H11NO2/c17-10-13-6-5-12(18-13)9-11-7-8-16-15-4-2-1-3-14(11)15/h1-8,10H,9H2. The Kier molecular flexibility index (Phi) is 2.65. The van der Waals surface area contributed by atoms with E-state index in [9.17, 15) is 4.79 Å². The quantitative estimate of drug-likeness (QED) is 0.657. The van der Waals surface area contributed by atoms with Crippen LogP contribution < -0.4 is 0 Å². The first kappa shape index (κ1) is 10.7. The lowest BCUT2D eigenvalue weighted by molar-refractivity contribution is 0.109. The van der Waals surface area contributed by atoms with Crippen molar-refractivity contribution >= 4 is 17.2 Å². The first-order chi connectivity index (χ1) is 8.86. The molecule has 2 heterocycles. The lowest BCUT2D eigenvalue weighted by Crippen LogP contribution is -1.89. The maximum Gasteiger partial charge on any atom is 0.185 e. The number of carbonyl (C=O) groups is 1. The molecule has 0 radical (unpaired) electrons. The van der Waals surface area contributed by atoms with Crippen LogP contribution in [-0.4, -0.2) is 11.3 Å². The van der Waals surface area contributed by atoms with E-state index in [0.29, 0.717) is 18.5 Å². The molecule has 0 fully saturated rings. The Morgan fingerprint density at radius 2 is 2.00 bits per heavy atom. The number of rotatable bonds is 3. The molecule has 3 rings (SSSR count). The van der Waals surface area contributed by atoms with Crippen molar-refractivity contribution in [3.05, 3.63) is 65.7 Å². The summed E-state index contributed by atoms with van der Waals surface area (Å²) in [5, 5.41) is 1.11. The molecule has 0 saturated carbocycles. The lowest BCUT2D eigenvalue weighted by Gasteiger charge is -2.03. The van der Waals surface area contributed by atoms with E-state index >= 15 is 0 Å². The normalized spacial score (nSPS) is 10.7. The highest BCUT2D eigenvalue weighted by Crippen LogP contribution is 2.20. The van der Waals surface area contributed by atoms with Gasteiger partial charge < -0.3 is 4.42 Å². The molecule has 0 N–H and O–H groups in total. The van der Waals surface area contributed by atoms with Gasteiger partial charge in [0, 0.05) is 18.0 Å². The van der Waals surface area contributed by atoms with Gasteiger partial charge in [0.25, 0.3) is 0 Å². The Morgan fingerprint density at radius 1 is 1.11 bits per heavy atom. The van der Waals surface area contributed by atoms with Crippen LogP contribution in [0.2, 0.25) is 0 Å². The highest BCUT2D eigenvalue weighted by atomic mass is 16.3. The van der Waals surface area contributed by atoms with Crippen LogP contribution in [0.1, 0.15) is 21.9 Å². The average molecular weight is 237 g/mol. The predicted octanol–water partition coefficient (Wildman–Crippen LogP) is 3.23. The number of aldehydes is 1. The summed E-state index contributed by atoms with van der Waals surface area (Å²) in [6.45, 7) is 0. The fourth-order valence-corrected chi connectivity index (χ4v) is 2.05. The molecule has 3 heteroatoms. The van der Waals surface area contributed by atoms with Crippen molar-refractivity contribution in [2.24, 2.45) is 0 Å². The number of benzene rings is 1. The van der Waals surface area contributed by atoms with Gasteiger partial charge in [0.1, 0.15) is 5.76 Å². The van der Waals surface area contributed by atoms with Crippen molar-refractivity contribution in [1.29, 1.82) is 0 Å². The number of hydrogen-bond acceptors (Lipinski definition) is 3. The molecular weight excluding hydrogens is 226 g/mol. The van der Waals surface area contributed by atoms with Gasteiger partial charge in [-0.05, 0) is 29.8 Å². The van der Waals surface area contributed by atoms with E-state index in [-0.39, 0.29) is 0 Å². The average Bonchev–Trinajstić information content (AvgIpc) is 2.87. The molecule has 0 spiro atoms. The summed E-state index contributed by atoms with van der Waals surface area (Å²) in [6, 6.07) is 13.5. The SMILES string of the molecule is O=Cc1ccc(Cc2ccnc3ccccc23)o1. The fraction of sp³-hybridized carbons (Fsp3) is 0.0667. The summed E-state index contributed by atoms with van der Waals surface area (Å²) in [5.74, 6) is 1.15. The molecule has 0 aliphatic heterocycles. The molecular formula is C15H11NO2. The zero-order valence-electron chi connectivity index (χ0n) is 9.67. The number of aromatic nitrogens is 1. The number of pyridine rings is 1. The van der Waals surface area contributed by atoms with Gasteiger partial charge >= 0.3 is 0 Å². The predicted molar refractivity (Wildman–Crippen MR) is 68.6 cm³/mol. The summed E-state index contributed by atoms with van der Waals surface area (Å²) < 4.78 is 5.40. The lowest BCUT2D eigenvalue weighted by atomic mass is 10.1. The number of furan rings is 1.